The number of carbonyl (C=O) groups excluding carboxylic acids is 1. The predicted octanol–water partition coefficient (Wildman–Crippen LogP) is -0.481. The highest BCUT2D eigenvalue weighted by molar-refractivity contribution is 5.91. The smallest absolute Gasteiger partial charge is 0.271 e. The zero-order valence-corrected chi connectivity index (χ0v) is 10.6. The fraction of sp³-hybridized carbons (Fsp3) is 0.455. The summed E-state index contributed by atoms with van der Waals surface area (Å²) in [4.78, 5) is 23.3. The van der Waals surface area contributed by atoms with E-state index in [1.165, 1.54) is 18.6 Å². The lowest BCUT2D eigenvalue weighted by atomic mass is 10.4. The molecule has 4 N–H and O–H groups in total. The zero-order chi connectivity index (χ0) is 13.4. The summed E-state index contributed by atoms with van der Waals surface area (Å²) in [5, 5.41) is 5.63. The molecule has 0 radical (unpaired) electrons. The summed E-state index contributed by atoms with van der Waals surface area (Å²) in [6.45, 7) is 4.75. The predicted molar refractivity (Wildman–Crippen MR) is 69.1 cm³/mol. The minimum atomic E-state index is -0.270. The first-order valence-electron chi connectivity index (χ1n) is 5.70. The molecule has 7 heteroatoms. The highest BCUT2D eigenvalue weighted by Gasteiger charge is 2.04. The second-order valence-corrected chi connectivity index (χ2v) is 3.91. The minimum absolute atomic E-state index is 0.239. The summed E-state index contributed by atoms with van der Waals surface area (Å²) >= 11 is 0. The molecule has 0 bridgehead atoms. The topological polar surface area (TPSA) is 105 Å². The Hall–Kier alpha value is -2.18. The van der Waals surface area contributed by atoms with Crippen molar-refractivity contribution in [1.82, 2.24) is 20.6 Å². The van der Waals surface area contributed by atoms with E-state index < -0.39 is 0 Å². The van der Waals surface area contributed by atoms with Crippen molar-refractivity contribution in [2.45, 2.75) is 19.9 Å². The van der Waals surface area contributed by atoms with Gasteiger partial charge in [-0.05, 0) is 13.8 Å². The normalized spacial score (nSPS) is 11.4. The number of guanidine groups is 1. The molecular formula is C11H18N6O. The third kappa shape index (κ3) is 5.24. The number of hydrogen-bond donors (Lipinski definition) is 3. The number of nitrogens with zero attached hydrogens (tertiary/aromatic N) is 3. The van der Waals surface area contributed by atoms with Crippen LogP contribution >= 0.6 is 0 Å². The number of amides is 1. The average molecular weight is 250 g/mol. The molecule has 0 aliphatic carbocycles. The first-order chi connectivity index (χ1) is 8.59. The quantitative estimate of drug-likeness (QED) is 0.372. The Labute approximate surface area is 106 Å². The van der Waals surface area contributed by atoms with E-state index in [0.29, 0.717) is 19.0 Å². The molecule has 1 aromatic rings. The van der Waals surface area contributed by atoms with Crippen LogP contribution in [0.4, 0.5) is 0 Å². The van der Waals surface area contributed by atoms with Crippen LogP contribution in [-0.4, -0.2) is 41.0 Å². The lowest BCUT2D eigenvalue weighted by Gasteiger charge is -2.08. The van der Waals surface area contributed by atoms with E-state index in [2.05, 4.69) is 25.6 Å². The highest BCUT2D eigenvalue weighted by atomic mass is 16.1. The van der Waals surface area contributed by atoms with Gasteiger partial charge in [-0.1, -0.05) is 0 Å². The highest BCUT2D eigenvalue weighted by Crippen LogP contribution is 1.88. The molecule has 1 amide bonds. The molecule has 0 unspecified atom stereocenters. The van der Waals surface area contributed by atoms with Crippen molar-refractivity contribution in [3.05, 3.63) is 24.3 Å². The molecule has 1 heterocycles. The van der Waals surface area contributed by atoms with Gasteiger partial charge < -0.3 is 16.4 Å². The van der Waals surface area contributed by atoms with Crippen LogP contribution in [0, 0.1) is 0 Å². The molecule has 0 saturated heterocycles. The third-order valence-electron chi connectivity index (χ3n) is 1.91. The Morgan fingerprint density at radius 2 is 2.28 bits per heavy atom. The second-order valence-electron chi connectivity index (χ2n) is 3.91. The molecule has 0 aliphatic heterocycles. The zero-order valence-electron chi connectivity index (χ0n) is 10.6. The van der Waals surface area contributed by atoms with Gasteiger partial charge in [0.25, 0.3) is 5.91 Å². The molecule has 1 rings (SSSR count). The largest absolute Gasteiger partial charge is 0.370 e. The van der Waals surface area contributed by atoms with Crippen LogP contribution < -0.4 is 16.4 Å². The van der Waals surface area contributed by atoms with E-state index >= 15 is 0 Å². The van der Waals surface area contributed by atoms with Gasteiger partial charge in [0.2, 0.25) is 0 Å². The molecule has 98 valence electrons. The van der Waals surface area contributed by atoms with Crippen LogP contribution in [0.25, 0.3) is 0 Å². The van der Waals surface area contributed by atoms with Gasteiger partial charge in [0.1, 0.15) is 5.69 Å². The second kappa shape index (κ2) is 7.21. The van der Waals surface area contributed by atoms with E-state index in [4.69, 9.17) is 5.73 Å². The van der Waals surface area contributed by atoms with Crippen LogP contribution in [0.1, 0.15) is 24.3 Å². The molecule has 0 fully saturated rings. The molecule has 0 aliphatic rings. The van der Waals surface area contributed by atoms with Crippen molar-refractivity contribution in [2.75, 3.05) is 13.1 Å². The summed E-state index contributed by atoms with van der Waals surface area (Å²) in [6.07, 6.45) is 4.39. The SMILES string of the molecule is CC(C)NC(N)=NCCNC(=O)c1cnccn1. The van der Waals surface area contributed by atoms with E-state index in [1.807, 2.05) is 13.8 Å². The Morgan fingerprint density at radius 3 is 2.89 bits per heavy atom. The van der Waals surface area contributed by atoms with Crippen molar-refractivity contribution < 1.29 is 4.79 Å². The summed E-state index contributed by atoms with van der Waals surface area (Å²) < 4.78 is 0. The number of hydrogen-bond acceptors (Lipinski definition) is 4. The van der Waals surface area contributed by atoms with Crippen molar-refractivity contribution in [3.63, 3.8) is 0 Å². The van der Waals surface area contributed by atoms with Crippen LogP contribution in [0.15, 0.2) is 23.6 Å². The number of carbonyl (C=O) groups is 1. The van der Waals surface area contributed by atoms with Crippen molar-refractivity contribution >= 4 is 11.9 Å². The van der Waals surface area contributed by atoms with Crippen LogP contribution in [-0.2, 0) is 0 Å². The maximum absolute atomic E-state index is 11.6. The number of aliphatic imine (C=N–C) groups is 1. The maximum atomic E-state index is 11.6. The lowest BCUT2D eigenvalue weighted by Crippen LogP contribution is -2.37. The third-order valence-corrected chi connectivity index (χ3v) is 1.91. The molecule has 0 aromatic carbocycles. The van der Waals surface area contributed by atoms with Crippen molar-refractivity contribution in [3.8, 4) is 0 Å². The van der Waals surface area contributed by atoms with E-state index in [9.17, 15) is 4.79 Å². The van der Waals surface area contributed by atoms with Gasteiger partial charge in [-0.25, -0.2) is 4.98 Å². The maximum Gasteiger partial charge on any atom is 0.271 e. The first kappa shape index (κ1) is 13.9. The Kier molecular flexibility index (Phi) is 5.56. The summed E-state index contributed by atoms with van der Waals surface area (Å²) in [5.74, 6) is 0.104. The van der Waals surface area contributed by atoms with Gasteiger partial charge in [0, 0.05) is 25.0 Å². The number of aromatic nitrogens is 2. The lowest BCUT2D eigenvalue weighted by molar-refractivity contribution is 0.0949. The molecule has 0 atom stereocenters. The summed E-state index contributed by atoms with van der Waals surface area (Å²) in [7, 11) is 0. The Morgan fingerprint density at radius 1 is 1.50 bits per heavy atom. The van der Waals surface area contributed by atoms with Crippen LogP contribution in [0.3, 0.4) is 0 Å². The monoisotopic (exact) mass is 250 g/mol. The molecule has 0 spiro atoms. The summed E-state index contributed by atoms with van der Waals surface area (Å²) in [6, 6.07) is 0.239. The van der Waals surface area contributed by atoms with Gasteiger partial charge in [-0.15, -0.1) is 0 Å². The molecule has 18 heavy (non-hydrogen) atoms. The van der Waals surface area contributed by atoms with Gasteiger partial charge in [0.15, 0.2) is 5.96 Å². The molecular weight excluding hydrogens is 232 g/mol. The minimum Gasteiger partial charge on any atom is -0.370 e. The fourth-order valence-electron chi connectivity index (χ4n) is 1.19. The molecule has 7 nitrogen and oxygen atoms in total. The molecule has 0 saturated carbocycles. The Bertz CT molecular complexity index is 403. The first-order valence-corrected chi connectivity index (χ1v) is 5.70. The van der Waals surface area contributed by atoms with E-state index in [-0.39, 0.29) is 17.6 Å². The van der Waals surface area contributed by atoms with Gasteiger partial charge >= 0.3 is 0 Å². The number of nitrogens with two attached hydrogens (primary N) is 1. The van der Waals surface area contributed by atoms with E-state index in [1.54, 1.807) is 0 Å². The van der Waals surface area contributed by atoms with Crippen molar-refractivity contribution in [2.24, 2.45) is 10.7 Å². The van der Waals surface area contributed by atoms with Gasteiger partial charge in [0.05, 0.1) is 12.7 Å². The fourth-order valence-corrected chi connectivity index (χ4v) is 1.19. The molecule has 1 aromatic heterocycles. The van der Waals surface area contributed by atoms with Gasteiger partial charge in [-0.2, -0.15) is 0 Å². The van der Waals surface area contributed by atoms with Crippen LogP contribution in [0.5, 0.6) is 0 Å². The average Bonchev–Trinajstić information content (AvgIpc) is 2.34. The standard InChI is InChI=1S/C11H18N6O/c1-8(2)17-11(12)16-6-5-15-10(18)9-7-13-3-4-14-9/h3-4,7-8H,5-6H2,1-2H3,(H,15,18)(H3,12,16,17). The number of rotatable bonds is 5. The summed E-state index contributed by atoms with van der Waals surface area (Å²) in [5.41, 5.74) is 5.89. The van der Waals surface area contributed by atoms with Crippen LogP contribution in [0.2, 0.25) is 0 Å². The number of nitrogens with one attached hydrogen (secondary N) is 2. The Balaban J connectivity index is 2.28. The van der Waals surface area contributed by atoms with Crippen molar-refractivity contribution in [1.29, 1.82) is 0 Å². The van der Waals surface area contributed by atoms with E-state index in [0.717, 1.165) is 0 Å². The van der Waals surface area contributed by atoms with Gasteiger partial charge in [-0.3, -0.25) is 14.8 Å².